The SMILES string of the molecule is CNc1nc(CC(=O)N2CCC(C(N)=O)CC2)nc2sc3c(c12)CCCC3. The average molecular weight is 388 g/mol. The van der Waals surface area contributed by atoms with Crippen molar-refractivity contribution in [3.8, 4) is 0 Å². The van der Waals surface area contributed by atoms with Crippen molar-refractivity contribution in [3.63, 3.8) is 0 Å². The number of rotatable bonds is 4. The highest BCUT2D eigenvalue weighted by Crippen LogP contribution is 2.38. The number of nitrogens with zero attached hydrogens (tertiary/aromatic N) is 3. The van der Waals surface area contributed by atoms with Crippen LogP contribution < -0.4 is 11.1 Å². The summed E-state index contributed by atoms with van der Waals surface area (Å²) in [5, 5.41) is 4.33. The first-order valence-electron chi connectivity index (χ1n) is 9.63. The molecule has 0 atom stereocenters. The van der Waals surface area contributed by atoms with E-state index in [2.05, 4.69) is 10.3 Å². The normalized spacial score (nSPS) is 17.7. The Kier molecular flexibility index (Phi) is 4.99. The lowest BCUT2D eigenvalue weighted by Crippen LogP contribution is -2.42. The predicted octanol–water partition coefficient (Wildman–Crippen LogP) is 1.88. The largest absolute Gasteiger partial charge is 0.372 e. The number of aromatic nitrogens is 2. The van der Waals surface area contributed by atoms with E-state index in [1.165, 1.54) is 23.3 Å². The van der Waals surface area contributed by atoms with Gasteiger partial charge >= 0.3 is 0 Å². The van der Waals surface area contributed by atoms with Gasteiger partial charge in [0.05, 0.1) is 11.8 Å². The number of nitrogens with one attached hydrogen (secondary N) is 1. The predicted molar refractivity (Wildman–Crippen MR) is 106 cm³/mol. The van der Waals surface area contributed by atoms with E-state index in [1.54, 1.807) is 16.2 Å². The standard InChI is InChI=1S/C19H25N5O2S/c1-21-18-16-12-4-2-3-5-13(12)27-19(16)23-14(22-18)10-15(25)24-8-6-11(7-9-24)17(20)26/h11H,2-10H2,1H3,(H2,20,26)(H,21,22,23). The number of hydrogen-bond acceptors (Lipinski definition) is 6. The van der Waals surface area contributed by atoms with Gasteiger partial charge in [0.25, 0.3) is 0 Å². The summed E-state index contributed by atoms with van der Waals surface area (Å²) < 4.78 is 0. The van der Waals surface area contributed by atoms with Crippen LogP contribution >= 0.6 is 11.3 Å². The molecule has 0 unspecified atom stereocenters. The number of nitrogens with two attached hydrogens (primary N) is 1. The highest BCUT2D eigenvalue weighted by atomic mass is 32.1. The fourth-order valence-corrected chi connectivity index (χ4v) is 5.40. The van der Waals surface area contributed by atoms with Gasteiger partial charge in [0, 0.05) is 30.9 Å². The van der Waals surface area contributed by atoms with Gasteiger partial charge in [0.15, 0.2) is 0 Å². The number of thiophene rings is 1. The maximum atomic E-state index is 12.7. The summed E-state index contributed by atoms with van der Waals surface area (Å²) in [6.45, 7) is 1.14. The third kappa shape index (κ3) is 3.50. The second-order valence-electron chi connectivity index (χ2n) is 7.36. The number of anilines is 1. The second-order valence-corrected chi connectivity index (χ2v) is 8.45. The van der Waals surface area contributed by atoms with Gasteiger partial charge < -0.3 is 16.0 Å². The molecule has 2 amide bonds. The number of fused-ring (bicyclic) bond motifs is 3. The van der Waals surface area contributed by atoms with Crippen molar-refractivity contribution in [2.75, 3.05) is 25.5 Å². The molecule has 8 heteroatoms. The van der Waals surface area contributed by atoms with Crippen molar-refractivity contribution >= 4 is 39.2 Å². The minimum absolute atomic E-state index is 0.0145. The molecule has 1 aliphatic carbocycles. The van der Waals surface area contributed by atoms with E-state index >= 15 is 0 Å². The maximum Gasteiger partial charge on any atom is 0.230 e. The number of amides is 2. The number of carbonyl (C=O) groups excluding carboxylic acids is 2. The van der Waals surface area contributed by atoms with E-state index in [-0.39, 0.29) is 24.2 Å². The van der Waals surface area contributed by atoms with Gasteiger partial charge in [-0.1, -0.05) is 0 Å². The molecule has 0 aromatic carbocycles. The Bertz CT molecular complexity index is 886. The quantitative estimate of drug-likeness (QED) is 0.834. The number of primary amides is 1. The van der Waals surface area contributed by atoms with Crippen molar-refractivity contribution in [1.82, 2.24) is 14.9 Å². The Morgan fingerprint density at radius 2 is 1.96 bits per heavy atom. The molecule has 0 spiro atoms. The zero-order valence-corrected chi connectivity index (χ0v) is 16.4. The van der Waals surface area contributed by atoms with Gasteiger partial charge in [0.2, 0.25) is 11.8 Å². The number of aryl methyl sites for hydroxylation is 2. The highest BCUT2D eigenvalue weighted by Gasteiger charge is 2.27. The molecule has 1 saturated heterocycles. The molecule has 3 N–H and O–H groups in total. The summed E-state index contributed by atoms with van der Waals surface area (Å²) in [4.78, 5) is 37.5. The van der Waals surface area contributed by atoms with E-state index in [0.29, 0.717) is 31.8 Å². The fourth-order valence-electron chi connectivity index (χ4n) is 4.12. The maximum absolute atomic E-state index is 12.7. The van der Waals surface area contributed by atoms with Crippen LogP contribution in [0.15, 0.2) is 0 Å². The van der Waals surface area contributed by atoms with Crippen LogP contribution in [0.5, 0.6) is 0 Å². The summed E-state index contributed by atoms with van der Waals surface area (Å²) >= 11 is 1.74. The zero-order chi connectivity index (χ0) is 19.0. The van der Waals surface area contributed by atoms with Crippen molar-refractivity contribution in [2.24, 2.45) is 11.7 Å². The van der Waals surface area contributed by atoms with Crippen LogP contribution in [0, 0.1) is 5.92 Å². The number of hydrogen-bond donors (Lipinski definition) is 2. The van der Waals surface area contributed by atoms with Crippen molar-refractivity contribution in [3.05, 3.63) is 16.3 Å². The Balaban J connectivity index is 1.54. The van der Waals surface area contributed by atoms with Gasteiger partial charge in [0.1, 0.15) is 16.5 Å². The summed E-state index contributed by atoms with van der Waals surface area (Å²) in [7, 11) is 1.87. The van der Waals surface area contributed by atoms with E-state index in [4.69, 9.17) is 10.7 Å². The molecule has 4 rings (SSSR count). The molecule has 0 radical (unpaired) electrons. The lowest BCUT2D eigenvalue weighted by atomic mass is 9.96. The highest BCUT2D eigenvalue weighted by molar-refractivity contribution is 7.19. The third-order valence-electron chi connectivity index (χ3n) is 5.66. The monoisotopic (exact) mass is 387 g/mol. The van der Waals surface area contributed by atoms with Crippen molar-refractivity contribution in [1.29, 1.82) is 0 Å². The number of carbonyl (C=O) groups is 2. The smallest absolute Gasteiger partial charge is 0.230 e. The van der Waals surface area contributed by atoms with Crippen LogP contribution in [-0.2, 0) is 28.9 Å². The van der Waals surface area contributed by atoms with Crippen LogP contribution in [0.1, 0.15) is 41.9 Å². The lowest BCUT2D eigenvalue weighted by Gasteiger charge is -2.30. The molecule has 1 aliphatic heterocycles. The minimum Gasteiger partial charge on any atom is -0.372 e. The van der Waals surface area contributed by atoms with Crippen LogP contribution in [0.2, 0.25) is 0 Å². The van der Waals surface area contributed by atoms with E-state index < -0.39 is 0 Å². The van der Waals surface area contributed by atoms with Crippen molar-refractivity contribution < 1.29 is 9.59 Å². The summed E-state index contributed by atoms with van der Waals surface area (Å²) in [5.41, 5.74) is 6.76. The summed E-state index contributed by atoms with van der Waals surface area (Å²) in [6.07, 6.45) is 6.11. The molecule has 27 heavy (non-hydrogen) atoms. The van der Waals surface area contributed by atoms with Crippen LogP contribution in [0.4, 0.5) is 5.82 Å². The molecule has 7 nitrogen and oxygen atoms in total. The first kappa shape index (κ1) is 18.2. The van der Waals surface area contributed by atoms with Crippen LogP contribution in [-0.4, -0.2) is 46.8 Å². The molecular weight excluding hydrogens is 362 g/mol. The Labute approximate surface area is 162 Å². The Morgan fingerprint density at radius 1 is 1.22 bits per heavy atom. The molecular formula is C19H25N5O2S. The van der Waals surface area contributed by atoms with E-state index in [9.17, 15) is 9.59 Å². The first-order valence-corrected chi connectivity index (χ1v) is 10.4. The number of likely N-dealkylation sites (tertiary alicyclic amines) is 1. The van der Waals surface area contributed by atoms with Crippen LogP contribution in [0.25, 0.3) is 10.2 Å². The van der Waals surface area contributed by atoms with E-state index in [1.807, 2.05) is 7.05 Å². The second kappa shape index (κ2) is 7.42. The molecule has 144 valence electrons. The van der Waals surface area contributed by atoms with Gasteiger partial charge in [-0.2, -0.15) is 0 Å². The minimum atomic E-state index is -0.267. The molecule has 2 aliphatic rings. The number of piperidine rings is 1. The first-order chi connectivity index (χ1) is 13.1. The zero-order valence-electron chi connectivity index (χ0n) is 15.6. The Morgan fingerprint density at radius 3 is 2.67 bits per heavy atom. The van der Waals surface area contributed by atoms with Gasteiger partial charge in [-0.3, -0.25) is 9.59 Å². The van der Waals surface area contributed by atoms with Gasteiger partial charge in [-0.25, -0.2) is 9.97 Å². The molecule has 0 saturated carbocycles. The molecule has 3 heterocycles. The van der Waals surface area contributed by atoms with Gasteiger partial charge in [-0.15, -0.1) is 11.3 Å². The van der Waals surface area contributed by atoms with Crippen molar-refractivity contribution in [2.45, 2.75) is 44.9 Å². The third-order valence-corrected chi connectivity index (χ3v) is 6.84. The fraction of sp³-hybridized carbons (Fsp3) is 0.579. The molecule has 0 bridgehead atoms. The topological polar surface area (TPSA) is 101 Å². The Hall–Kier alpha value is -2.22. The lowest BCUT2D eigenvalue weighted by molar-refractivity contribution is -0.134. The molecule has 2 aromatic rings. The van der Waals surface area contributed by atoms with E-state index in [0.717, 1.165) is 28.9 Å². The van der Waals surface area contributed by atoms with Gasteiger partial charge in [-0.05, 0) is 44.1 Å². The van der Waals surface area contributed by atoms with Crippen LogP contribution in [0.3, 0.4) is 0 Å². The summed E-state index contributed by atoms with van der Waals surface area (Å²) in [6, 6.07) is 0. The average Bonchev–Trinajstić information content (AvgIpc) is 3.05. The molecule has 1 fully saturated rings. The summed E-state index contributed by atoms with van der Waals surface area (Å²) in [5.74, 6) is 1.02. The molecule has 2 aromatic heterocycles.